The van der Waals surface area contributed by atoms with Crippen molar-refractivity contribution in [2.24, 2.45) is 4.99 Å². The van der Waals surface area contributed by atoms with E-state index in [4.69, 9.17) is 14.5 Å². The second kappa shape index (κ2) is 10.1. The van der Waals surface area contributed by atoms with Crippen molar-refractivity contribution in [3.63, 3.8) is 0 Å². The van der Waals surface area contributed by atoms with Crippen molar-refractivity contribution in [3.8, 4) is 11.5 Å². The summed E-state index contributed by atoms with van der Waals surface area (Å²) in [6, 6.07) is 17.8. The Hall–Kier alpha value is -4.12. The third-order valence-electron chi connectivity index (χ3n) is 6.97. The fourth-order valence-electron chi connectivity index (χ4n) is 5.38. The molecule has 1 fully saturated rings. The Morgan fingerprint density at radius 3 is 2.32 bits per heavy atom. The monoisotopic (exact) mass is 493 g/mol. The van der Waals surface area contributed by atoms with Gasteiger partial charge in [0.05, 0.1) is 17.0 Å². The van der Waals surface area contributed by atoms with E-state index in [0.717, 1.165) is 16.8 Å². The Bertz CT molecular complexity index is 1440. The van der Waals surface area contributed by atoms with Crippen molar-refractivity contribution in [1.82, 2.24) is 0 Å². The van der Waals surface area contributed by atoms with E-state index >= 15 is 0 Å². The number of Topliss-reactive ketones (excluding diaryl/α,β-unsaturated/α-hetero) is 1. The summed E-state index contributed by atoms with van der Waals surface area (Å²) in [5, 5.41) is 11.1. The van der Waals surface area contributed by atoms with Gasteiger partial charge in [-0.05, 0) is 92.6 Å². The second-order valence-electron chi connectivity index (χ2n) is 9.94. The minimum absolute atomic E-state index is 0.00619. The molecule has 3 aromatic carbocycles. The molecule has 2 aliphatic rings. The minimum atomic E-state index is -0.102. The molecule has 1 saturated carbocycles. The maximum atomic E-state index is 13.6. The topological polar surface area (TPSA) is 68.1 Å². The molecule has 1 heterocycles. The number of aliphatic imine (C=N–C) groups is 1. The Morgan fingerprint density at radius 2 is 1.59 bits per heavy atom. The van der Waals surface area contributed by atoms with E-state index in [1.807, 2.05) is 49.4 Å². The van der Waals surface area contributed by atoms with Crippen LogP contribution in [0.4, 0.5) is 5.69 Å². The smallest absolute Gasteiger partial charge is 0.231 e. The summed E-state index contributed by atoms with van der Waals surface area (Å²) >= 11 is 0. The van der Waals surface area contributed by atoms with Crippen LogP contribution in [0, 0.1) is 27.7 Å². The number of carbonyl (C=O) groups excluding carboxylic acids is 1. The number of aliphatic hydroxyl groups is 1. The molecule has 0 amide bonds. The lowest BCUT2D eigenvalue weighted by atomic mass is 9.76. The SMILES string of the molecule is Cc1ccc(N=C2CC(c3c(C)cc(C)cc3C)CC(=O)/C2=C(O)/C=C/c2ccc3c(c2)OCO3)cc1. The van der Waals surface area contributed by atoms with Crippen molar-refractivity contribution in [1.29, 1.82) is 0 Å². The first-order chi connectivity index (χ1) is 17.8. The predicted octanol–water partition coefficient (Wildman–Crippen LogP) is 7.39. The van der Waals surface area contributed by atoms with Crippen LogP contribution in [-0.2, 0) is 4.79 Å². The van der Waals surface area contributed by atoms with Gasteiger partial charge in [-0.1, -0.05) is 47.5 Å². The molecule has 1 atom stereocenters. The van der Waals surface area contributed by atoms with Gasteiger partial charge in [-0.3, -0.25) is 9.79 Å². The summed E-state index contributed by atoms with van der Waals surface area (Å²) in [6.45, 7) is 8.52. The van der Waals surface area contributed by atoms with E-state index in [0.29, 0.717) is 30.1 Å². The molecule has 0 aromatic heterocycles. The van der Waals surface area contributed by atoms with Crippen LogP contribution in [0.5, 0.6) is 11.5 Å². The molecule has 3 aromatic rings. The molecule has 5 heteroatoms. The van der Waals surface area contributed by atoms with Crippen LogP contribution < -0.4 is 9.47 Å². The summed E-state index contributed by atoms with van der Waals surface area (Å²) in [7, 11) is 0. The predicted molar refractivity (Wildman–Crippen MR) is 147 cm³/mol. The Labute approximate surface area is 217 Å². The van der Waals surface area contributed by atoms with Gasteiger partial charge in [0.25, 0.3) is 0 Å². The quantitative estimate of drug-likeness (QED) is 0.304. The minimum Gasteiger partial charge on any atom is -0.507 e. The summed E-state index contributed by atoms with van der Waals surface area (Å²) < 4.78 is 10.8. The Morgan fingerprint density at radius 1 is 0.892 bits per heavy atom. The standard InChI is InChI=1S/C32H31NO4/c1-19-5-9-25(10-6-19)33-26-16-24(31-21(3)13-20(2)14-22(31)4)17-28(35)32(26)27(34)11-7-23-8-12-29-30(15-23)37-18-36-29/h5-15,24,34H,16-18H2,1-4H3/b11-7+,32-27-,33-26?. The Balaban J connectivity index is 1.54. The van der Waals surface area contributed by atoms with Gasteiger partial charge in [0, 0.05) is 6.42 Å². The van der Waals surface area contributed by atoms with Crippen molar-refractivity contribution < 1.29 is 19.4 Å². The zero-order valence-electron chi connectivity index (χ0n) is 21.7. The first-order valence-corrected chi connectivity index (χ1v) is 12.5. The number of aliphatic hydroxyl groups excluding tert-OH is 1. The lowest BCUT2D eigenvalue weighted by molar-refractivity contribution is -0.115. The molecule has 1 N–H and O–H groups in total. The van der Waals surface area contributed by atoms with Gasteiger partial charge in [0.15, 0.2) is 17.3 Å². The molecule has 1 unspecified atom stereocenters. The van der Waals surface area contributed by atoms with Gasteiger partial charge in [0.2, 0.25) is 6.79 Å². The number of hydrogen-bond donors (Lipinski definition) is 1. The summed E-state index contributed by atoms with van der Waals surface area (Å²) in [5.74, 6) is 1.18. The number of benzene rings is 3. The normalized spacial score (nSPS) is 19.6. The first kappa shape index (κ1) is 24.6. The van der Waals surface area contributed by atoms with Crippen LogP contribution in [0.15, 0.2) is 77.0 Å². The highest BCUT2D eigenvalue weighted by atomic mass is 16.7. The summed E-state index contributed by atoms with van der Waals surface area (Å²) in [6.07, 6.45) is 4.23. The van der Waals surface area contributed by atoms with E-state index in [9.17, 15) is 9.90 Å². The van der Waals surface area contributed by atoms with E-state index in [-0.39, 0.29) is 29.8 Å². The number of fused-ring (bicyclic) bond motifs is 1. The van der Waals surface area contributed by atoms with Crippen molar-refractivity contribution in [2.75, 3.05) is 6.79 Å². The number of allylic oxidation sites excluding steroid dienone is 2. The zero-order valence-corrected chi connectivity index (χ0v) is 21.7. The number of hydrogen-bond acceptors (Lipinski definition) is 5. The second-order valence-corrected chi connectivity index (χ2v) is 9.94. The molecule has 0 radical (unpaired) electrons. The number of ketones is 1. The average molecular weight is 494 g/mol. The van der Waals surface area contributed by atoms with Gasteiger partial charge in [-0.25, -0.2) is 0 Å². The van der Waals surface area contributed by atoms with Crippen LogP contribution in [0.2, 0.25) is 0 Å². The summed E-state index contributed by atoms with van der Waals surface area (Å²) in [5.41, 5.74) is 8.41. The first-order valence-electron chi connectivity index (χ1n) is 12.5. The molecule has 1 aliphatic heterocycles. The maximum absolute atomic E-state index is 13.6. The molecule has 5 rings (SSSR count). The fraction of sp³-hybridized carbons (Fsp3) is 0.250. The number of ether oxygens (including phenoxy) is 2. The Kier molecular flexibility index (Phi) is 6.70. The van der Waals surface area contributed by atoms with Gasteiger partial charge in [-0.15, -0.1) is 0 Å². The lowest BCUT2D eigenvalue weighted by Gasteiger charge is -2.28. The van der Waals surface area contributed by atoms with Gasteiger partial charge in [-0.2, -0.15) is 0 Å². The van der Waals surface area contributed by atoms with E-state index in [2.05, 4.69) is 32.9 Å². The average Bonchev–Trinajstić information content (AvgIpc) is 3.31. The van der Waals surface area contributed by atoms with Crippen molar-refractivity contribution >= 4 is 23.3 Å². The summed E-state index contributed by atoms with van der Waals surface area (Å²) in [4.78, 5) is 18.4. The molecule has 0 saturated heterocycles. The van der Waals surface area contributed by atoms with Gasteiger partial charge < -0.3 is 14.6 Å². The molecule has 0 spiro atoms. The fourth-order valence-corrected chi connectivity index (χ4v) is 5.38. The van der Waals surface area contributed by atoms with Crippen LogP contribution in [0.3, 0.4) is 0 Å². The van der Waals surface area contributed by atoms with E-state index < -0.39 is 0 Å². The largest absolute Gasteiger partial charge is 0.507 e. The van der Waals surface area contributed by atoms with Crippen LogP contribution in [0.1, 0.15) is 52.1 Å². The molecular weight excluding hydrogens is 462 g/mol. The number of aryl methyl sites for hydroxylation is 4. The highest BCUT2D eigenvalue weighted by Crippen LogP contribution is 2.38. The molecule has 0 bridgehead atoms. The third-order valence-corrected chi connectivity index (χ3v) is 6.97. The van der Waals surface area contributed by atoms with Crippen molar-refractivity contribution in [3.05, 3.63) is 105 Å². The molecule has 188 valence electrons. The highest BCUT2D eigenvalue weighted by molar-refractivity contribution is 6.25. The van der Waals surface area contributed by atoms with Crippen LogP contribution in [0.25, 0.3) is 6.08 Å². The lowest BCUT2D eigenvalue weighted by Crippen LogP contribution is -2.27. The molecule has 5 nitrogen and oxygen atoms in total. The maximum Gasteiger partial charge on any atom is 0.231 e. The zero-order chi connectivity index (χ0) is 26.1. The van der Waals surface area contributed by atoms with Gasteiger partial charge in [0.1, 0.15) is 5.76 Å². The third kappa shape index (κ3) is 5.21. The van der Waals surface area contributed by atoms with Crippen molar-refractivity contribution in [2.45, 2.75) is 46.5 Å². The van der Waals surface area contributed by atoms with Crippen LogP contribution >= 0.6 is 0 Å². The van der Waals surface area contributed by atoms with Gasteiger partial charge >= 0.3 is 0 Å². The number of carbonyl (C=O) groups is 1. The highest BCUT2D eigenvalue weighted by Gasteiger charge is 2.33. The molecular formula is C32H31NO4. The van der Waals surface area contributed by atoms with Crippen LogP contribution in [-0.4, -0.2) is 23.4 Å². The number of rotatable bonds is 4. The van der Waals surface area contributed by atoms with E-state index in [1.54, 1.807) is 12.2 Å². The molecule has 1 aliphatic carbocycles. The van der Waals surface area contributed by atoms with E-state index in [1.165, 1.54) is 22.3 Å². The molecule has 37 heavy (non-hydrogen) atoms. The number of nitrogens with zero attached hydrogens (tertiary/aromatic N) is 1.